The zero-order valence-electron chi connectivity index (χ0n) is 15.7. The lowest BCUT2D eigenvalue weighted by Crippen LogP contribution is -2.27. The lowest BCUT2D eigenvalue weighted by atomic mass is 10.2. The number of anilines is 2. The van der Waals surface area contributed by atoms with Crippen LogP contribution in [0.5, 0.6) is 0 Å². The van der Waals surface area contributed by atoms with E-state index in [1.54, 1.807) is 12.1 Å². The second-order valence-corrected chi connectivity index (χ2v) is 8.75. The quantitative estimate of drug-likeness (QED) is 0.625. The number of rotatable bonds is 5. The summed E-state index contributed by atoms with van der Waals surface area (Å²) in [7, 11) is -2.41. The van der Waals surface area contributed by atoms with Gasteiger partial charge in [-0.3, -0.25) is 9.10 Å². The first-order valence-corrected chi connectivity index (χ1v) is 10.4. The summed E-state index contributed by atoms with van der Waals surface area (Å²) in [5.74, 6) is -1.14. The first-order chi connectivity index (χ1) is 13.7. The van der Waals surface area contributed by atoms with E-state index in [1.807, 2.05) is 19.1 Å². The predicted molar refractivity (Wildman–Crippen MR) is 113 cm³/mol. The van der Waals surface area contributed by atoms with Gasteiger partial charge in [0.1, 0.15) is 5.82 Å². The average molecular weight is 433 g/mol. The van der Waals surface area contributed by atoms with Crippen molar-refractivity contribution in [3.63, 3.8) is 0 Å². The second kappa shape index (κ2) is 8.23. The van der Waals surface area contributed by atoms with Gasteiger partial charge in [0.2, 0.25) is 0 Å². The van der Waals surface area contributed by atoms with Crippen LogP contribution in [0.1, 0.15) is 15.9 Å². The number of aryl methyl sites for hydroxylation is 1. The van der Waals surface area contributed by atoms with Gasteiger partial charge in [-0.2, -0.15) is 0 Å². The number of benzene rings is 3. The Labute approximate surface area is 173 Å². The van der Waals surface area contributed by atoms with Gasteiger partial charge in [0.15, 0.2) is 0 Å². The summed E-state index contributed by atoms with van der Waals surface area (Å²) in [5, 5.41) is 2.45. The van der Waals surface area contributed by atoms with E-state index in [0.717, 1.165) is 11.6 Å². The lowest BCUT2D eigenvalue weighted by molar-refractivity contribution is 0.102. The predicted octanol–water partition coefficient (Wildman–Crippen LogP) is 4.86. The molecule has 0 unspecified atom stereocenters. The number of amides is 1. The fraction of sp³-hybridized carbons (Fsp3) is 0.0952. The molecule has 0 saturated heterocycles. The molecule has 29 heavy (non-hydrogen) atoms. The number of sulfonamides is 1. The summed E-state index contributed by atoms with van der Waals surface area (Å²) >= 11 is 5.72. The Bertz CT molecular complexity index is 1180. The van der Waals surface area contributed by atoms with E-state index in [0.29, 0.717) is 11.4 Å². The molecule has 150 valence electrons. The Morgan fingerprint density at radius 1 is 1.03 bits per heavy atom. The first kappa shape index (κ1) is 20.8. The Morgan fingerprint density at radius 3 is 2.45 bits per heavy atom. The van der Waals surface area contributed by atoms with Gasteiger partial charge in [-0.05, 0) is 55.0 Å². The van der Waals surface area contributed by atoms with Gasteiger partial charge in [-0.15, -0.1) is 0 Å². The molecule has 0 fully saturated rings. The van der Waals surface area contributed by atoms with Crippen molar-refractivity contribution in [2.24, 2.45) is 0 Å². The van der Waals surface area contributed by atoms with Crippen LogP contribution >= 0.6 is 11.6 Å². The lowest BCUT2D eigenvalue weighted by Gasteiger charge is -2.21. The van der Waals surface area contributed by atoms with E-state index in [4.69, 9.17) is 11.6 Å². The molecule has 1 amide bonds. The molecular weight excluding hydrogens is 415 g/mol. The van der Waals surface area contributed by atoms with Gasteiger partial charge in [-0.25, -0.2) is 12.8 Å². The molecule has 0 heterocycles. The van der Waals surface area contributed by atoms with Crippen LogP contribution in [0, 0.1) is 12.7 Å². The van der Waals surface area contributed by atoms with Crippen molar-refractivity contribution in [1.29, 1.82) is 0 Å². The second-order valence-electron chi connectivity index (χ2n) is 6.37. The summed E-state index contributed by atoms with van der Waals surface area (Å²) in [5.41, 5.74) is 1.79. The molecule has 0 aromatic heterocycles. The largest absolute Gasteiger partial charge is 0.322 e. The Hall–Kier alpha value is -2.90. The van der Waals surface area contributed by atoms with Crippen LogP contribution in [0.3, 0.4) is 0 Å². The van der Waals surface area contributed by atoms with Gasteiger partial charge in [-0.1, -0.05) is 35.9 Å². The van der Waals surface area contributed by atoms with Crippen LogP contribution in [-0.4, -0.2) is 21.4 Å². The number of hydrogen-bond donors (Lipinski definition) is 1. The van der Waals surface area contributed by atoms with Gasteiger partial charge in [0.25, 0.3) is 15.9 Å². The molecular formula is C21H18ClFN2O3S. The van der Waals surface area contributed by atoms with Gasteiger partial charge in [0.05, 0.1) is 15.6 Å². The maximum absolute atomic E-state index is 13.3. The highest BCUT2D eigenvalue weighted by Gasteiger charge is 2.23. The number of carbonyl (C=O) groups excluding carboxylic acids is 1. The highest BCUT2D eigenvalue weighted by Crippen LogP contribution is 2.26. The van der Waals surface area contributed by atoms with Crippen molar-refractivity contribution in [2.45, 2.75) is 11.8 Å². The molecule has 0 atom stereocenters. The summed E-state index contributed by atoms with van der Waals surface area (Å²) in [6, 6.07) is 16.6. The summed E-state index contributed by atoms with van der Waals surface area (Å²) in [6.07, 6.45) is 0. The molecule has 0 aliphatic carbocycles. The number of halogens is 2. The monoisotopic (exact) mass is 432 g/mol. The first-order valence-electron chi connectivity index (χ1n) is 8.61. The van der Waals surface area contributed by atoms with Crippen LogP contribution in [0.25, 0.3) is 0 Å². The van der Waals surface area contributed by atoms with Crippen molar-refractivity contribution in [2.75, 3.05) is 16.7 Å². The van der Waals surface area contributed by atoms with E-state index in [2.05, 4.69) is 5.32 Å². The minimum atomic E-state index is -3.87. The molecule has 3 aromatic carbocycles. The van der Waals surface area contributed by atoms with E-state index >= 15 is 0 Å². The van der Waals surface area contributed by atoms with Crippen LogP contribution in [0.2, 0.25) is 5.02 Å². The van der Waals surface area contributed by atoms with Gasteiger partial charge >= 0.3 is 0 Å². The number of nitrogens with zero attached hydrogens (tertiary/aromatic N) is 1. The van der Waals surface area contributed by atoms with Crippen molar-refractivity contribution in [3.8, 4) is 0 Å². The van der Waals surface area contributed by atoms with Crippen molar-refractivity contribution >= 4 is 38.9 Å². The summed E-state index contributed by atoms with van der Waals surface area (Å²) in [4.78, 5) is 12.5. The molecule has 0 spiro atoms. The summed E-state index contributed by atoms with van der Waals surface area (Å²) in [6.45, 7) is 1.82. The van der Waals surface area contributed by atoms with Crippen LogP contribution in [-0.2, 0) is 10.0 Å². The molecule has 0 aliphatic rings. The Balaban J connectivity index is 1.89. The maximum Gasteiger partial charge on any atom is 0.264 e. The highest BCUT2D eigenvalue weighted by atomic mass is 35.5. The van der Waals surface area contributed by atoms with Crippen molar-refractivity contribution in [3.05, 3.63) is 88.7 Å². The number of hydrogen-bond acceptors (Lipinski definition) is 3. The molecule has 8 heteroatoms. The van der Waals surface area contributed by atoms with Gasteiger partial charge in [0, 0.05) is 18.3 Å². The average Bonchev–Trinajstić information content (AvgIpc) is 2.70. The maximum atomic E-state index is 13.3. The summed E-state index contributed by atoms with van der Waals surface area (Å²) < 4.78 is 40.5. The van der Waals surface area contributed by atoms with Crippen LogP contribution in [0.4, 0.5) is 15.8 Å². The number of carbonyl (C=O) groups is 1. The minimum Gasteiger partial charge on any atom is -0.322 e. The smallest absolute Gasteiger partial charge is 0.264 e. The highest BCUT2D eigenvalue weighted by molar-refractivity contribution is 7.92. The molecule has 5 nitrogen and oxygen atoms in total. The number of para-hydroxylation sites is 1. The van der Waals surface area contributed by atoms with Crippen molar-refractivity contribution < 1.29 is 17.6 Å². The van der Waals surface area contributed by atoms with Crippen LogP contribution < -0.4 is 9.62 Å². The molecule has 3 aromatic rings. The van der Waals surface area contributed by atoms with E-state index < -0.39 is 21.7 Å². The minimum absolute atomic E-state index is 0.0203. The number of nitrogens with one attached hydrogen (secondary N) is 1. The molecule has 0 saturated carbocycles. The molecule has 0 aliphatic heterocycles. The molecule has 3 rings (SSSR count). The fourth-order valence-electron chi connectivity index (χ4n) is 2.78. The Morgan fingerprint density at radius 2 is 1.76 bits per heavy atom. The van der Waals surface area contributed by atoms with E-state index in [1.165, 1.54) is 47.8 Å². The van der Waals surface area contributed by atoms with Gasteiger partial charge < -0.3 is 5.32 Å². The Kier molecular flexibility index (Phi) is 5.91. The van der Waals surface area contributed by atoms with E-state index in [9.17, 15) is 17.6 Å². The van der Waals surface area contributed by atoms with Crippen molar-refractivity contribution in [1.82, 2.24) is 0 Å². The SMILES string of the molecule is Cc1ccccc1N(C)S(=O)(=O)c1cccc(C(=O)Nc2ccc(F)c(Cl)c2)c1. The molecule has 0 bridgehead atoms. The zero-order valence-corrected chi connectivity index (χ0v) is 17.3. The fourth-order valence-corrected chi connectivity index (χ4v) is 4.27. The zero-order chi connectivity index (χ0) is 21.2. The standard InChI is InChI=1S/C21H18ClFN2O3S/c1-14-6-3-4-9-20(14)25(2)29(27,28)17-8-5-7-15(12-17)21(26)24-16-10-11-19(23)18(22)13-16/h3-13H,1-2H3,(H,24,26). The third-order valence-corrected chi connectivity index (χ3v) is 6.44. The normalized spacial score (nSPS) is 11.2. The van der Waals surface area contributed by atoms with Crippen LogP contribution in [0.15, 0.2) is 71.6 Å². The topological polar surface area (TPSA) is 66.5 Å². The third-order valence-electron chi connectivity index (χ3n) is 4.39. The third kappa shape index (κ3) is 4.41. The molecule has 0 radical (unpaired) electrons. The molecule has 1 N–H and O–H groups in total. The van der Waals surface area contributed by atoms with E-state index in [-0.39, 0.29) is 15.5 Å².